The quantitative estimate of drug-likeness (QED) is 0.867. The monoisotopic (exact) mass is 362 g/mol. The molecule has 1 saturated heterocycles. The normalized spacial score (nSPS) is 16.6. The van der Waals surface area contributed by atoms with Gasteiger partial charge in [0.25, 0.3) is 0 Å². The van der Waals surface area contributed by atoms with E-state index in [1.807, 2.05) is 13.0 Å². The van der Waals surface area contributed by atoms with Gasteiger partial charge in [-0.25, -0.2) is 9.78 Å². The molecular weight excluding hydrogens is 344 g/mol. The topological polar surface area (TPSA) is 92.4 Å². The number of piperidine rings is 1. The number of aromatic nitrogens is 1. The summed E-state index contributed by atoms with van der Waals surface area (Å²) in [6.07, 6.45) is 2.49. The van der Waals surface area contributed by atoms with Gasteiger partial charge in [-0.05, 0) is 63.0 Å². The number of aryl methyl sites for hydroxylation is 1. The molecule has 3 rings (SSSR count). The standard InChI is InChI=1S/C18H19ClN2O4/c1-10-7-12(16-21-14(9-25-16)17(23)24)8-13(19)15(10)18(11(2)22)3-5-20-6-4-18/h7-9,20H,3-6H2,1-2H3,(H,23,24). The Balaban J connectivity index is 2.08. The molecule has 1 aliphatic heterocycles. The maximum Gasteiger partial charge on any atom is 0.357 e. The van der Waals surface area contributed by atoms with Gasteiger partial charge in [0.15, 0.2) is 5.69 Å². The molecule has 0 bridgehead atoms. The van der Waals surface area contributed by atoms with Crippen LogP contribution in [0.4, 0.5) is 0 Å². The van der Waals surface area contributed by atoms with Crippen LogP contribution in [0.2, 0.25) is 5.02 Å². The van der Waals surface area contributed by atoms with Crippen molar-refractivity contribution in [1.82, 2.24) is 10.3 Å². The second-order valence-electron chi connectivity index (χ2n) is 6.38. The lowest BCUT2D eigenvalue weighted by Gasteiger charge is -2.37. The summed E-state index contributed by atoms with van der Waals surface area (Å²) in [5, 5.41) is 12.7. The average molecular weight is 363 g/mol. The molecule has 1 fully saturated rings. The third kappa shape index (κ3) is 3.07. The Hall–Kier alpha value is -2.18. The number of carbonyl (C=O) groups is 2. The SMILES string of the molecule is CC(=O)C1(c2c(C)cc(-c3nc(C(=O)O)co3)cc2Cl)CCNCC1. The molecule has 132 valence electrons. The molecule has 2 aromatic rings. The van der Waals surface area contributed by atoms with Crippen LogP contribution in [0.5, 0.6) is 0 Å². The van der Waals surface area contributed by atoms with Gasteiger partial charge in [0.2, 0.25) is 5.89 Å². The van der Waals surface area contributed by atoms with Gasteiger partial charge in [-0.15, -0.1) is 0 Å². The highest BCUT2D eigenvalue weighted by Crippen LogP contribution is 2.42. The van der Waals surface area contributed by atoms with Crippen molar-refractivity contribution in [2.75, 3.05) is 13.1 Å². The third-order valence-corrected chi connectivity index (χ3v) is 5.17. The number of oxazole rings is 1. The molecule has 2 N–H and O–H groups in total. The Morgan fingerprint density at radius 3 is 2.52 bits per heavy atom. The predicted octanol–water partition coefficient (Wildman–Crippen LogP) is 3.21. The summed E-state index contributed by atoms with van der Waals surface area (Å²) in [7, 11) is 0. The lowest BCUT2D eigenvalue weighted by molar-refractivity contribution is -0.123. The number of halogens is 1. The van der Waals surface area contributed by atoms with Crippen molar-refractivity contribution in [2.45, 2.75) is 32.1 Å². The van der Waals surface area contributed by atoms with E-state index in [0.717, 1.165) is 30.5 Å². The first-order valence-corrected chi connectivity index (χ1v) is 8.44. The number of carboxylic acids is 1. The van der Waals surface area contributed by atoms with E-state index in [0.29, 0.717) is 23.4 Å². The average Bonchev–Trinajstić information content (AvgIpc) is 3.05. The van der Waals surface area contributed by atoms with Crippen LogP contribution in [0.15, 0.2) is 22.8 Å². The molecule has 0 amide bonds. The Bertz CT molecular complexity index is 814. The number of rotatable bonds is 4. The van der Waals surface area contributed by atoms with E-state index >= 15 is 0 Å². The molecule has 1 aromatic heterocycles. The highest BCUT2D eigenvalue weighted by Gasteiger charge is 2.41. The number of carboxylic acid groups (broad SMARTS) is 1. The molecule has 1 aliphatic rings. The zero-order chi connectivity index (χ0) is 18.2. The molecule has 25 heavy (non-hydrogen) atoms. The molecule has 0 atom stereocenters. The summed E-state index contributed by atoms with van der Waals surface area (Å²) < 4.78 is 5.25. The van der Waals surface area contributed by atoms with E-state index < -0.39 is 11.4 Å². The molecule has 0 aliphatic carbocycles. The van der Waals surface area contributed by atoms with Crippen LogP contribution in [0.25, 0.3) is 11.5 Å². The molecule has 0 saturated carbocycles. The predicted molar refractivity (Wildman–Crippen MR) is 93.1 cm³/mol. The van der Waals surface area contributed by atoms with Gasteiger partial charge in [0.1, 0.15) is 12.0 Å². The Labute approximate surface area is 150 Å². The first-order chi connectivity index (χ1) is 11.8. The second-order valence-corrected chi connectivity index (χ2v) is 6.79. The van der Waals surface area contributed by atoms with Gasteiger partial charge >= 0.3 is 5.97 Å². The second kappa shape index (κ2) is 6.61. The zero-order valence-electron chi connectivity index (χ0n) is 14.1. The zero-order valence-corrected chi connectivity index (χ0v) is 14.8. The molecule has 6 nitrogen and oxygen atoms in total. The molecular formula is C18H19ClN2O4. The first kappa shape index (κ1) is 17.6. The maximum atomic E-state index is 12.5. The number of hydrogen-bond acceptors (Lipinski definition) is 5. The van der Waals surface area contributed by atoms with Gasteiger partial charge in [-0.2, -0.15) is 0 Å². The number of Topliss-reactive ketones (excluding diaryl/α,β-unsaturated/α-hetero) is 1. The van der Waals surface area contributed by atoms with Crippen LogP contribution in [-0.2, 0) is 10.2 Å². The van der Waals surface area contributed by atoms with Crippen LogP contribution >= 0.6 is 11.6 Å². The summed E-state index contributed by atoms with van der Waals surface area (Å²) in [5.41, 5.74) is 1.55. The van der Waals surface area contributed by atoms with Crippen molar-refractivity contribution in [2.24, 2.45) is 0 Å². The summed E-state index contributed by atoms with van der Waals surface area (Å²) in [4.78, 5) is 27.4. The highest BCUT2D eigenvalue weighted by atomic mass is 35.5. The minimum atomic E-state index is -1.15. The van der Waals surface area contributed by atoms with Crippen molar-refractivity contribution in [1.29, 1.82) is 0 Å². The van der Waals surface area contributed by atoms with Gasteiger partial charge in [0.05, 0.1) is 5.41 Å². The number of hydrogen-bond donors (Lipinski definition) is 2. The summed E-state index contributed by atoms with van der Waals surface area (Å²) in [6.45, 7) is 5.04. The van der Waals surface area contributed by atoms with Crippen molar-refractivity contribution >= 4 is 23.4 Å². The van der Waals surface area contributed by atoms with Crippen molar-refractivity contribution in [3.05, 3.63) is 40.2 Å². The molecule has 2 heterocycles. The summed E-state index contributed by atoms with van der Waals surface area (Å²) in [6, 6.07) is 3.53. The lowest BCUT2D eigenvalue weighted by Crippen LogP contribution is -2.45. The van der Waals surface area contributed by atoms with Crippen LogP contribution < -0.4 is 5.32 Å². The fraction of sp³-hybridized carbons (Fsp3) is 0.389. The Kier molecular flexibility index (Phi) is 4.67. The molecule has 7 heteroatoms. The van der Waals surface area contributed by atoms with E-state index in [1.165, 1.54) is 0 Å². The molecule has 0 spiro atoms. The number of nitrogens with zero attached hydrogens (tertiary/aromatic N) is 1. The van der Waals surface area contributed by atoms with Gasteiger partial charge in [-0.1, -0.05) is 11.6 Å². The fourth-order valence-corrected chi connectivity index (χ4v) is 4.06. The fourth-order valence-electron chi connectivity index (χ4n) is 3.61. The third-order valence-electron chi connectivity index (χ3n) is 4.87. The van der Waals surface area contributed by atoms with E-state index in [9.17, 15) is 9.59 Å². The minimum Gasteiger partial charge on any atom is -0.476 e. The van der Waals surface area contributed by atoms with Crippen molar-refractivity contribution < 1.29 is 19.1 Å². The Morgan fingerprint density at radius 1 is 1.32 bits per heavy atom. The van der Waals surface area contributed by atoms with E-state index in [1.54, 1.807) is 13.0 Å². The highest BCUT2D eigenvalue weighted by molar-refractivity contribution is 6.32. The van der Waals surface area contributed by atoms with Gasteiger partial charge < -0.3 is 14.8 Å². The van der Waals surface area contributed by atoms with Crippen molar-refractivity contribution in [3.63, 3.8) is 0 Å². The molecule has 1 aromatic carbocycles. The first-order valence-electron chi connectivity index (χ1n) is 8.07. The minimum absolute atomic E-state index is 0.107. The smallest absolute Gasteiger partial charge is 0.357 e. The summed E-state index contributed by atoms with van der Waals surface area (Å²) >= 11 is 6.56. The largest absolute Gasteiger partial charge is 0.476 e. The number of nitrogens with one attached hydrogen (secondary N) is 1. The number of benzene rings is 1. The number of carbonyl (C=O) groups excluding carboxylic acids is 1. The van der Waals surface area contributed by atoms with E-state index in [-0.39, 0.29) is 17.4 Å². The van der Waals surface area contributed by atoms with Gasteiger partial charge in [0, 0.05) is 10.6 Å². The number of aromatic carboxylic acids is 1. The van der Waals surface area contributed by atoms with Crippen LogP contribution in [0, 0.1) is 6.92 Å². The van der Waals surface area contributed by atoms with Crippen LogP contribution in [-0.4, -0.2) is 34.9 Å². The molecule has 0 radical (unpaired) electrons. The van der Waals surface area contributed by atoms with E-state index in [4.69, 9.17) is 21.1 Å². The van der Waals surface area contributed by atoms with Crippen molar-refractivity contribution in [3.8, 4) is 11.5 Å². The Morgan fingerprint density at radius 2 is 2.00 bits per heavy atom. The maximum absolute atomic E-state index is 12.5. The number of ketones is 1. The summed E-state index contributed by atoms with van der Waals surface area (Å²) in [5.74, 6) is -0.855. The van der Waals surface area contributed by atoms with E-state index in [2.05, 4.69) is 10.3 Å². The van der Waals surface area contributed by atoms with Gasteiger partial charge in [-0.3, -0.25) is 4.79 Å². The van der Waals surface area contributed by atoms with Crippen LogP contribution in [0.1, 0.15) is 41.4 Å². The van der Waals surface area contributed by atoms with Crippen LogP contribution in [0.3, 0.4) is 0 Å². The molecule has 0 unspecified atom stereocenters. The lowest BCUT2D eigenvalue weighted by atomic mass is 9.69.